The van der Waals surface area contributed by atoms with E-state index in [-0.39, 0.29) is 12.4 Å². The highest BCUT2D eigenvalue weighted by molar-refractivity contribution is 9.10. The van der Waals surface area contributed by atoms with E-state index in [4.69, 9.17) is 9.47 Å². The van der Waals surface area contributed by atoms with Crippen LogP contribution in [0.5, 0.6) is 11.5 Å². The maximum Gasteiger partial charge on any atom is 0.175 e. The minimum Gasteiger partial charge on any atom is -0.493 e. The topological polar surface area (TPSA) is 35.5 Å². The molecule has 0 aliphatic rings. The second kappa shape index (κ2) is 7.04. The number of hydrogen-bond donors (Lipinski definition) is 0. The fourth-order valence-electron chi connectivity index (χ4n) is 1.76. The molecule has 0 N–H and O–H groups in total. The first kappa shape index (κ1) is 16.0. The van der Waals surface area contributed by atoms with Crippen molar-refractivity contribution in [3.8, 4) is 11.5 Å². The number of carbonyl (C=O) groups excluding carboxylic acids is 1. The normalized spacial score (nSPS) is 10.3. The molecule has 2 aromatic rings. The Kier molecular flexibility index (Phi) is 5.36. The zero-order valence-electron chi connectivity index (χ0n) is 11.0. The van der Waals surface area contributed by atoms with Crippen LogP contribution < -0.4 is 9.47 Å². The van der Waals surface area contributed by atoms with Gasteiger partial charge < -0.3 is 9.47 Å². The van der Waals surface area contributed by atoms with E-state index in [0.717, 1.165) is 6.29 Å². The van der Waals surface area contributed by atoms with Gasteiger partial charge in [0.25, 0.3) is 0 Å². The molecular formula is C15H11Br2FO3. The lowest BCUT2D eigenvalue weighted by Crippen LogP contribution is -2.01. The summed E-state index contributed by atoms with van der Waals surface area (Å²) in [6.07, 6.45) is 0.722. The van der Waals surface area contributed by atoms with E-state index in [1.807, 2.05) is 0 Å². The van der Waals surface area contributed by atoms with E-state index in [2.05, 4.69) is 31.9 Å². The summed E-state index contributed by atoms with van der Waals surface area (Å²) < 4.78 is 25.3. The molecule has 0 amide bonds. The number of benzene rings is 2. The lowest BCUT2D eigenvalue weighted by atomic mass is 10.2. The van der Waals surface area contributed by atoms with Gasteiger partial charge in [-0.25, -0.2) is 4.39 Å². The van der Waals surface area contributed by atoms with Gasteiger partial charge in [-0.05, 0) is 50.1 Å². The van der Waals surface area contributed by atoms with Crippen molar-refractivity contribution in [1.29, 1.82) is 0 Å². The number of aldehydes is 1. The summed E-state index contributed by atoms with van der Waals surface area (Å²) in [5.41, 5.74) is 1.14. The minimum absolute atomic E-state index is 0.160. The molecule has 0 aromatic heterocycles. The summed E-state index contributed by atoms with van der Waals surface area (Å²) >= 11 is 6.52. The minimum atomic E-state index is -0.349. The van der Waals surface area contributed by atoms with Crippen molar-refractivity contribution >= 4 is 38.1 Å². The van der Waals surface area contributed by atoms with Crippen molar-refractivity contribution in [3.05, 3.63) is 56.2 Å². The molecule has 0 fully saturated rings. The smallest absolute Gasteiger partial charge is 0.175 e. The molecule has 0 aliphatic carbocycles. The van der Waals surface area contributed by atoms with Gasteiger partial charge in [0.1, 0.15) is 18.7 Å². The summed E-state index contributed by atoms with van der Waals surface area (Å²) in [5.74, 6) is 0.539. The Labute approximate surface area is 138 Å². The molecule has 0 bridgehead atoms. The fourth-order valence-corrected chi connectivity index (χ4v) is 2.71. The first-order chi connectivity index (χ1) is 10.1. The average molecular weight is 418 g/mol. The zero-order valence-corrected chi connectivity index (χ0v) is 14.2. The standard InChI is InChI=1S/C15H11Br2FO3/c1-20-13-6-9(7-19)5-11(16)15(13)21-8-10-3-2-4-12(18)14(10)17/h2-7H,8H2,1H3. The molecule has 6 heteroatoms. The second-order valence-corrected chi connectivity index (χ2v) is 5.80. The van der Waals surface area contributed by atoms with Gasteiger partial charge in [-0.15, -0.1) is 0 Å². The van der Waals surface area contributed by atoms with Crippen LogP contribution in [0.1, 0.15) is 15.9 Å². The molecule has 2 aromatic carbocycles. The number of carbonyl (C=O) groups is 1. The summed E-state index contributed by atoms with van der Waals surface area (Å²) in [6.45, 7) is 0.160. The third-order valence-electron chi connectivity index (χ3n) is 2.79. The highest BCUT2D eigenvalue weighted by atomic mass is 79.9. The Bertz CT molecular complexity index is 674. The Morgan fingerprint density at radius 3 is 2.71 bits per heavy atom. The molecule has 0 saturated heterocycles. The predicted molar refractivity (Wildman–Crippen MR) is 84.5 cm³/mol. The van der Waals surface area contributed by atoms with Crippen LogP contribution in [-0.4, -0.2) is 13.4 Å². The number of ether oxygens (including phenoxy) is 2. The van der Waals surface area contributed by atoms with E-state index in [9.17, 15) is 9.18 Å². The number of hydrogen-bond acceptors (Lipinski definition) is 3. The average Bonchev–Trinajstić information content (AvgIpc) is 2.49. The van der Waals surface area contributed by atoms with Crippen molar-refractivity contribution in [2.75, 3.05) is 7.11 Å². The SMILES string of the molecule is COc1cc(C=O)cc(Br)c1OCc1cccc(F)c1Br. The highest BCUT2D eigenvalue weighted by Gasteiger charge is 2.13. The van der Waals surface area contributed by atoms with Crippen LogP contribution in [0.3, 0.4) is 0 Å². The monoisotopic (exact) mass is 416 g/mol. The molecule has 0 spiro atoms. The predicted octanol–water partition coefficient (Wildman–Crippen LogP) is 4.75. The molecule has 0 saturated carbocycles. The van der Waals surface area contributed by atoms with Crippen molar-refractivity contribution in [3.63, 3.8) is 0 Å². The summed E-state index contributed by atoms with van der Waals surface area (Å²) in [4.78, 5) is 10.8. The molecule has 2 rings (SSSR count). The quantitative estimate of drug-likeness (QED) is 0.658. The Morgan fingerprint density at radius 2 is 2.05 bits per heavy atom. The largest absolute Gasteiger partial charge is 0.493 e. The van der Waals surface area contributed by atoms with Crippen molar-refractivity contribution in [1.82, 2.24) is 0 Å². The van der Waals surface area contributed by atoms with Crippen LogP contribution in [-0.2, 0) is 6.61 Å². The van der Waals surface area contributed by atoms with Gasteiger partial charge in [0.2, 0.25) is 0 Å². The molecule has 0 radical (unpaired) electrons. The molecule has 21 heavy (non-hydrogen) atoms. The van der Waals surface area contributed by atoms with Crippen LogP contribution in [0, 0.1) is 5.82 Å². The number of methoxy groups -OCH3 is 1. The van der Waals surface area contributed by atoms with Gasteiger partial charge in [-0.2, -0.15) is 0 Å². The van der Waals surface area contributed by atoms with Crippen molar-refractivity contribution < 1.29 is 18.7 Å². The first-order valence-electron chi connectivity index (χ1n) is 5.95. The van der Waals surface area contributed by atoms with Gasteiger partial charge in [0.05, 0.1) is 16.1 Å². The van der Waals surface area contributed by atoms with Crippen LogP contribution in [0.2, 0.25) is 0 Å². The molecule has 110 valence electrons. The van der Waals surface area contributed by atoms with Gasteiger partial charge in [0, 0.05) is 11.1 Å². The second-order valence-electron chi connectivity index (χ2n) is 4.15. The fraction of sp³-hybridized carbons (Fsp3) is 0.133. The highest BCUT2D eigenvalue weighted by Crippen LogP contribution is 2.37. The van der Waals surface area contributed by atoms with Crippen molar-refractivity contribution in [2.24, 2.45) is 0 Å². The van der Waals surface area contributed by atoms with Crippen LogP contribution in [0.25, 0.3) is 0 Å². The maximum atomic E-state index is 13.5. The van der Waals surface area contributed by atoms with E-state index < -0.39 is 0 Å². The van der Waals surface area contributed by atoms with Crippen molar-refractivity contribution in [2.45, 2.75) is 6.61 Å². The zero-order chi connectivity index (χ0) is 15.4. The first-order valence-corrected chi connectivity index (χ1v) is 7.53. The summed E-state index contributed by atoms with van der Waals surface area (Å²) in [6, 6.07) is 7.94. The molecule has 0 heterocycles. The molecular weight excluding hydrogens is 407 g/mol. The van der Waals surface area contributed by atoms with E-state index in [1.165, 1.54) is 13.2 Å². The van der Waals surface area contributed by atoms with Gasteiger partial charge in [0.15, 0.2) is 11.5 Å². The molecule has 0 atom stereocenters. The van der Waals surface area contributed by atoms with E-state index in [1.54, 1.807) is 24.3 Å². The molecule has 3 nitrogen and oxygen atoms in total. The molecule has 0 unspecified atom stereocenters. The van der Waals surface area contributed by atoms with E-state index in [0.29, 0.717) is 31.6 Å². The van der Waals surface area contributed by atoms with Crippen LogP contribution in [0.15, 0.2) is 39.3 Å². The van der Waals surface area contributed by atoms with E-state index >= 15 is 0 Å². The van der Waals surface area contributed by atoms with Gasteiger partial charge in [-0.3, -0.25) is 4.79 Å². The summed E-state index contributed by atoms with van der Waals surface area (Å²) in [5, 5.41) is 0. The number of halogens is 3. The lowest BCUT2D eigenvalue weighted by molar-refractivity contribution is 0.112. The maximum absolute atomic E-state index is 13.5. The summed E-state index contributed by atoms with van der Waals surface area (Å²) in [7, 11) is 1.49. The third-order valence-corrected chi connectivity index (χ3v) is 4.27. The van der Waals surface area contributed by atoms with Gasteiger partial charge >= 0.3 is 0 Å². The van der Waals surface area contributed by atoms with Crippen LogP contribution in [0.4, 0.5) is 4.39 Å². The lowest BCUT2D eigenvalue weighted by Gasteiger charge is -2.14. The Hall–Kier alpha value is -1.40. The molecule has 0 aliphatic heterocycles. The number of rotatable bonds is 5. The third kappa shape index (κ3) is 3.63. The van der Waals surface area contributed by atoms with Gasteiger partial charge in [-0.1, -0.05) is 12.1 Å². The van der Waals surface area contributed by atoms with Crippen LogP contribution >= 0.6 is 31.9 Å². The Morgan fingerprint density at radius 1 is 1.29 bits per heavy atom. The Balaban J connectivity index is 2.27.